The molecule has 1 aromatic rings. The second-order valence-electron chi connectivity index (χ2n) is 12.3. The highest BCUT2D eigenvalue weighted by molar-refractivity contribution is 5.94. The molecule has 0 spiro atoms. The first-order valence-electron chi connectivity index (χ1n) is 14.2. The van der Waals surface area contributed by atoms with Crippen LogP contribution in [0.1, 0.15) is 88.1 Å². The molecular formula is C29H41F3N4O5. The molecule has 1 saturated carbocycles. The van der Waals surface area contributed by atoms with Gasteiger partial charge < -0.3 is 15.5 Å². The Hall–Kier alpha value is -3.15. The van der Waals surface area contributed by atoms with Crippen LogP contribution in [0.4, 0.5) is 13.2 Å². The van der Waals surface area contributed by atoms with E-state index in [1.807, 2.05) is 20.8 Å². The molecule has 0 bridgehead atoms. The second-order valence-corrected chi connectivity index (χ2v) is 12.3. The molecule has 0 unspecified atom stereocenters. The lowest BCUT2D eigenvalue weighted by atomic mass is 9.84. The van der Waals surface area contributed by atoms with Gasteiger partial charge in [0.2, 0.25) is 17.7 Å². The highest BCUT2D eigenvalue weighted by Gasteiger charge is 2.39. The highest BCUT2D eigenvalue weighted by atomic mass is 19.4. The summed E-state index contributed by atoms with van der Waals surface area (Å²) in [7, 11) is 0. The van der Waals surface area contributed by atoms with Gasteiger partial charge in [-0.15, -0.1) is 0 Å². The number of amides is 4. The summed E-state index contributed by atoms with van der Waals surface area (Å²) in [6.45, 7) is 6.20. The summed E-state index contributed by atoms with van der Waals surface area (Å²) in [6, 6.07) is 2.90. The van der Waals surface area contributed by atoms with E-state index in [9.17, 15) is 32.3 Å². The number of halogens is 3. The lowest BCUT2D eigenvalue weighted by Gasteiger charge is -2.39. The number of carbonyl (C=O) groups excluding carboxylic acids is 4. The fourth-order valence-electron chi connectivity index (χ4n) is 5.62. The van der Waals surface area contributed by atoms with Crippen LogP contribution in [-0.2, 0) is 20.6 Å². The number of hydrogen-bond acceptors (Lipinski definition) is 5. The van der Waals surface area contributed by atoms with Crippen molar-refractivity contribution in [3.8, 4) is 0 Å². The summed E-state index contributed by atoms with van der Waals surface area (Å²) in [5.41, 5.74) is 0.262. The molecule has 2 fully saturated rings. The van der Waals surface area contributed by atoms with Crippen molar-refractivity contribution in [1.82, 2.24) is 21.0 Å². The number of likely N-dealkylation sites (tertiary alicyclic amines) is 1. The number of nitrogens with one attached hydrogen (secondary N) is 3. The maximum absolute atomic E-state index is 13.6. The van der Waals surface area contributed by atoms with Crippen LogP contribution in [0.15, 0.2) is 24.3 Å². The molecule has 4 amide bonds. The van der Waals surface area contributed by atoms with E-state index in [1.54, 1.807) is 10.4 Å². The summed E-state index contributed by atoms with van der Waals surface area (Å²) >= 11 is 0. The number of piperidine rings is 1. The first-order chi connectivity index (χ1) is 19.2. The van der Waals surface area contributed by atoms with Crippen LogP contribution in [-0.4, -0.2) is 58.9 Å². The smallest absolute Gasteiger partial charge is 0.349 e. The quantitative estimate of drug-likeness (QED) is 0.258. The lowest BCUT2D eigenvalue weighted by molar-refractivity contribution is -0.142. The summed E-state index contributed by atoms with van der Waals surface area (Å²) in [6.07, 6.45) is 0.872. The van der Waals surface area contributed by atoms with Crippen LogP contribution >= 0.6 is 0 Å². The lowest BCUT2D eigenvalue weighted by Crippen LogP contribution is -2.58. The Morgan fingerprint density at radius 1 is 0.976 bits per heavy atom. The molecule has 4 N–H and O–H groups in total. The molecule has 2 aliphatic rings. The Morgan fingerprint density at radius 3 is 2.07 bits per heavy atom. The molecule has 228 valence electrons. The van der Waals surface area contributed by atoms with Gasteiger partial charge in [-0.3, -0.25) is 24.4 Å². The molecule has 2 atom stereocenters. The molecule has 12 heteroatoms. The SMILES string of the molecule is CC(C)(C)[C@@H](NC(=O)[C@H](CC(=O)NO)CC1CCCC1)C(=O)N1CCC(NC(=O)c2ccc(C(F)(F)F)cc2)CC1. The average Bonchev–Trinajstić information content (AvgIpc) is 3.43. The number of alkyl halides is 3. The summed E-state index contributed by atoms with van der Waals surface area (Å²) < 4.78 is 38.4. The van der Waals surface area contributed by atoms with Gasteiger partial charge in [-0.25, -0.2) is 5.48 Å². The Kier molecular flexibility index (Phi) is 10.8. The molecular weight excluding hydrogens is 541 g/mol. The van der Waals surface area contributed by atoms with Crippen molar-refractivity contribution >= 4 is 23.6 Å². The monoisotopic (exact) mass is 582 g/mol. The van der Waals surface area contributed by atoms with Crippen molar-refractivity contribution in [2.45, 2.75) is 90.4 Å². The van der Waals surface area contributed by atoms with E-state index in [-0.39, 0.29) is 23.9 Å². The predicted molar refractivity (Wildman–Crippen MR) is 145 cm³/mol. The minimum atomic E-state index is -4.48. The minimum Gasteiger partial charge on any atom is -0.349 e. The van der Waals surface area contributed by atoms with Crippen LogP contribution in [0, 0.1) is 17.3 Å². The van der Waals surface area contributed by atoms with Gasteiger partial charge in [-0.2, -0.15) is 13.2 Å². The molecule has 1 aliphatic carbocycles. The molecule has 9 nitrogen and oxygen atoms in total. The number of nitrogens with zero attached hydrogens (tertiary/aromatic N) is 1. The fraction of sp³-hybridized carbons (Fsp3) is 0.655. The van der Waals surface area contributed by atoms with Crippen LogP contribution in [0.5, 0.6) is 0 Å². The van der Waals surface area contributed by atoms with Gasteiger partial charge in [0.05, 0.1) is 5.56 Å². The third-order valence-corrected chi connectivity index (χ3v) is 8.04. The van der Waals surface area contributed by atoms with Crippen molar-refractivity contribution in [2.24, 2.45) is 17.3 Å². The zero-order valence-electron chi connectivity index (χ0n) is 23.9. The summed E-state index contributed by atoms with van der Waals surface area (Å²) in [5.74, 6) is -2.14. The number of benzene rings is 1. The van der Waals surface area contributed by atoms with Gasteiger partial charge in [-0.05, 0) is 54.9 Å². The second kappa shape index (κ2) is 13.7. The van der Waals surface area contributed by atoms with E-state index in [2.05, 4.69) is 10.6 Å². The molecule has 1 aliphatic heterocycles. The van der Waals surface area contributed by atoms with E-state index >= 15 is 0 Å². The third-order valence-electron chi connectivity index (χ3n) is 8.04. The normalized spacial score (nSPS) is 18.5. The van der Waals surface area contributed by atoms with Crippen molar-refractivity contribution in [1.29, 1.82) is 0 Å². The largest absolute Gasteiger partial charge is 0.416 e. The Bertz CT molecular complexity index is 1070. The standard InChI is InChI=1S/C29H41F3N4O5/c1-28(2,3)24(34-26(39)20(17-23(37)35-41)16-18-6-4-5-7-18)27(40)36-14-12-22(13-15-36)33-25(38)19-8-10-21(11-9-19)29(30,31)32/h8-11,18,20,22,24,41H,4-7,12-17H2,1-3H3,(H,33,38)(H,34,39)(H,35,37)/t20-,24-/m0/s1. The van der Waals surface area contributed by atoms with E-state index in [0.29, 0.717) is 38.3 Å². The van der Waals surface area contributed by atoms with Gasteiger partial charge in [-0.1, -0.05) is 46.5 Å². The molecule has 41 heavy (non-hydrogen) atoms. The third kappa shape index (κ3) is 9.17. The van der Waals surface area contributed by atoms with Gasteiger partial charge in [0.15, 0.2) is 0 Å². The average molecular weight is 583 g/mol. The van der Waals surface area contributed by atoms with Crippen LogP contribution in [0.2, 0.25) is 0 Å². The Balaban J connectivity index is 1.59. The number of carbonyl (C=O) groups is 4. The molecule has 1 saturated heterocycles. The summed E-state index contributed by atoms with van der Waals surface area (Å²) in [5, 5.41) is 14.7. The van der Waals surface area contributed by atoms with E-state index in [1.165, 1.54) is 0 Å². The Morgan fingerprint density at radius 2 is 1.56 bits per heavy atom. The molecule has 3 rings (SSSR count). The fourth-order valence-corrected chi connectivity index (χ4v) is 5.62. The Labute approximate surface area is 238 Å². The maximum atomic E-state index is 13.6. The van der Waals surface area contributed by atoms with Crippen LogP contribution < -0.4 is 16.1 Å². The van der Waals surface area contributed by atoms with Gasteiger partial charge in [0.1, 0.15) is 6.04 Å². The van der Waals surface area contributed by atoms with Crippen LogP contribution in [0.25, 0.3) is 0 Å². The van der Waals surface area contributed by atoms with Crippen LogP contribution in [0.3, 0.4) is 0 Å². The van der Waals surface area contributed by atoms with Crippen molar-refractivity contribution in [3.05, 3.63) is 35.4 Å². The van der Waals surface area contributed by atoms with E-state index < -0.39 is 46.8 Å². The van der Waals surface area contributed by atoms with Crippen molar-refractivity contribution < 1.29 is 37.6 Å². The maximum Gasteiger partial charge on any atom is 0.416 e. The van der Waals surface area contributed by atoms with Crippen molar-refractivity contribution in [3.63, 3.8) is 0 Å². The molecule has 0 aromatic heterocycles. The first kappa shape index (κ1) is 32.4. The predicted octanol–water partition coefficient (Wildman–Crippen LogP) is 4.05. The topological polar surface area (TPSA) is 128 Å². The van der Waals surface area contributed by atoms with Gasteiger partial charge in [0.25, 0.3) is 5.91 Å². The van der Waals surface area contributed by atoms with E-state index in [0.717, 1.165) is 49.9 Å². The summed E-state index contributed by atoms with van der Waals surface area (Å²) in [4.78, 5) is 53.1. The number of rotatable bonds is 9. The van der Waals surface area contributed by atoms with Gasteiger partial charge >= 0.3 is 6.18 Å². The first-order valence-corrected chi connectivity index (χ1v) is 14.2. The number of hydrogen-bond donors (Lipinski definition) is 4. The molecule has 1 aromatic carbocycles. The zero-order chi connectivity index (χ0) is 30.4. The van der Waals surface area contributed by atoms with Crippen molar-refractivity contribution in [2.75, 3.05) is 13.1 Å². The van der Waals surface area contributed by atoms with E-state index in [4.69, 9.17) is 5.21 Å². The molecule has 1 heterocycles. The minimum absolute atomic E-state index is 0.119. The molecule has 0 radical (unpaired) electrons. The van der Waals surface area contributed by atoms with Gasteiger partial charge in [0, 0.05) is 37.0 Å². The zero-order valence-corrected chi connectivity index (χ0v) is 23.9. The highest BCUT2D eigenvalue weighted by Crippen LogP contribution is 2.32. The number of hydroxylamine groups is 1.